The van der Waals surface area contributed by atoms with Gasteiger partial charge < -0.3 is 5.73 Å². The summed E-state index contributed by atoms with van der Waals surface area (Å²) in [5.74, 6) is 0. The van der Waals surface area contributed by atoms with E-state index < -0.39 is 0 Å². The monoisotopic (exact) mass is 252 g/mol. The summed E-state index contributed by atoms with van der Waals surface area (Å²) in [4.78, 5) is 5.35. The Morgan fingerprint density at radius 3 is 2.82 bits per heavy atom. The summed E-state index contributed by atoms with van der Waals surface area (Å²) in [6.45, 7) is 11.2. The first-order chi connectivity index (χ1) is 8.00. The number of aryl methyl sites for hydroxylation is 1. The fraction of sp³-hybridized carbons (Fsp3) is 0.714. The lowest BCUT2D eigenvalue weighted by molar-refractivity contribution is 0.111. The van der Waals surface area contributed by atoms with Crippen LogP contribution in [-0.2, 0) is 13.1 Å². The smallest absolute Gasteiger partial charge is 0.0274 e. The van der Waals surface area contributed by atoms with Crippen molar-refractivity contribution in [3.63, 3.8) is 0 Å². The van der Waals surface area contributed by atoms with Crippen molar-refractivity contribution in [3.05, 3.63) is 21.4 Å². The average Bonchev–Trinajstić information content (AvgIpc) is 2.58. The molecule has 0 aromatic carbocycles. The van der Waals surface area contributed by atoms with Crippen LogP contribution in [0.5, 0.6) is 0 Å². The van der Waals surface area contributed by atoms with Gasteiger partial charge in [-0.05, 0) is 43.4 Å². The number of hydrogen-bond acceptors (Lipinski definition) is 3. The van der Waals surface area contributed by atoms with Crippen LogP contribution in [0.15, 0.2) is 6.07 Å². The first-order valence-electron chi connectivity index (χ1n) is 6.51. The highest BCUT2D eigenvalue weighted by molar-refractivity contribution is 7.12. The highest BCUT2D eigenvalue weighted by atomic mass is 32.1. The van der Waals surface area contributed by atoms with E-state index in [0.717, 1.165) is 6.54 Å². The second-order valence-electron chi connectivity index (χ2n) is 5.98. The molecule has 1 fully saturated rings. The molecule has 2 heterocycles. The molecule has 2 nitrogen and oxygen atoms in total. The quantitative estimate of drug-likeness (QED) is 0.895. The van der Waals surface area contributed by atoms with Crippen LogP contribution in [0.4, 0.5) is 0 Å². The number of nitrogens with zero attached hydrogens (tertiary/aromatic N) is 1. The number of likely N-dealkylation sites (tertiary alicyclic amines) is 1. The van der Waals surface area contributed by atoms with Crippen molar-refractivity contribution in [1.82, 2.24) is 4.90 Å². The van der Waals surface area contributed by atoms with Crippen molar-refractivity contribution in [3.8, 4) is 0 Å². The van der Waals surface area contributed by atoms with E-state index in [0.29, 0.717) is 12.0 Å². The van der Waals surface area contributed by atoms with Crippen LogP contribution in [0.1, 0.15) is 42.0 Å². The van der Waals surface area contributed by atoms with Gasteiger partial charge in [0.15, 0.2) is 0 Å². The van der Waals surface area contributed by atoms with Gasteiger partial charge in [-0.1, -0.05) is 13.8 Å². The van der Waals surface area contributed by atoms with Crippen molar-refractivity contribution in [1.29, 1.82) is 0 Å². The first-order valence-corrected chi connectivity index (χ1v) is 7.32. The summed E-state index contributed by atoms with van der Waals surface area (Å²) in [7, 11) is 0. The fourth-order valence-corrected chi connectivity index (χ4v) is 3.70. The van der Waals surface area contributed by atoms with Crippen LogP contribution < -0.4 is 5.73 Å². The number of nitrogens with two attached hydrogens (primary N) is 1. The summed E-state index contributed by atoms with van der Waals surface area (Å²) < 4.78 is 0. The maximum Gasteiger partial charge on any atom is 0.0274 e. The number of rotatable bonds is 3. The lowest BCUT2D eigenvalue weighted by atomic mass is 9.84. The van der Waals surface area contributed by atoms with Crippen molar-refractivity contribution in [2.75, 3.05) is 13.1 Å². The summed E-state index contributed by atoms with van der Waals surface area (Å²) in [5.41, 5.74) is 7.67. The standard InChI is InChI=1S/C14H24N2S/c1-11-12(7-13(8-15)17-11)9-16-6-4-5-14(2,3)10-16/h7H,4-6,8-10,15H2,1-3H3. The first kappa shape index (κ1) is 13.1. The Morgan fingerprint density at radius 2 is 2.24 bits per heavy atom. The van der Waals surface area contributed by atoms with Gasteiger partial charge in [0.1, 0.15) is 0 Å². The lowest BCUT2D eigenvalue weighted by Crippen LogP contribution is -2.39. The highest BCUT2D eigenvalue weighted by Crippen LogP contribution is 2.30. The second kappa shape index (κ2) is 5.09. The van der Waals surface area contributed by atoms with Gasteiger partial charge in [0.2, 0.25) is 0 Å². The van der Waals surface area contributed by atoms with Crippen molar-refractivity contribution >= 4 is 11.3 Å². The van der Waals surface area contributed by atoms with Gasteiger partial charge in [-0.2, -0.15) is 0 Å². The van der Waals surface area contributed by atoms with Gasteiger partial charge in [-0.25, -0.2) is 0 Å². The van der Waals surface area contributed by atoms with Gasteiger partial charge in [0.05, 0.1) is 0 Å². The third kappa shape index (κ3) is 3.30. The molecule has 0 radical (unpaired) electrons. The molecule has 1 saturated heterocycles. The zero-order valence-corrected chi connectivity index (χ0v) is 12.1. The molecule has 0 saturated carbocycles. The van der Waals surface area contributed by atoms with Crippen LogP contribution in [0, 0.1) is 12.3 Å². The van der Waals surface area contributed by atoms with E-state index in [1.807, 2.05) is 11.3 Å². The molecule has 0 spiro atoms. The minimum absolute atomic E-state index is 0.485. The minimum atomic E-state index is 0.485. The Balaban J connectivity index is 2.02. The van der Waals surface area contributed by atoms with E-state index in [1.54, 1.807) is 0 Å². The number of thiophene rings is 1. The average molecular weight is 252 g/mol. The molecule has 1 aliphatic heterocycles. The normalized spacial score (nSPS) is 20.7. The van der Waals surface area contributed by atoms with Crippen LogP contribution in [0.3, 0.4) is 0 Å². The third-order valence-corrected chi connectivity index (χ3v) is 4.76. The predicted octanol–water partition coefficient (Wildman–Crippen LogP) is 3.14. The molecule has 0 bridgehead atoms. The second-order valence-corrected chi connectivity index (χ2v) is 7.32. The molecule has 1 aromatic rings. The molecule has 2 rings (SSSR count). The Bertz CT molecular complexity index is 382. The molecular weight excluding hydrogens is 228 g/mol. The van der Waals surface area contributed by atoms with Gasteiger partial charge in [0.25, 0.3) is 0 Å². The van der Waals surface area contributed by atoms with E-state index >= 15 is 0 Å². The van der Waals surface area contributed by atoms with Gasteiger partial charge in [0, 0.05) is 29.4 Å². The number of hydrogen-bond donors (Lipinski definition) is 1. The molecule has 0 atom stereocenters. The third-order valence-electron chi connectivity index (χ3n) is 3.65. The molecule has 0 aliphatic carbocycles. The van der Waals surface area contributed by atoms with Crippen LogP contribution in [-0.4, -0.2) is 18.0 Å². The van der Waals surface area contributed by atoms with Crippen LogP contribution >= 0.6 is 11.3 Å². The van der Waals surface area contributed by atoms with Gasteiger partial charge in [-0.15, -0.1) is 11.3 Å². The minimum Gasteiger partial charge on any atom is -0.326 e. The van der Waals surface area contributed by atoms with E-state index in [1.165, 1.54) is 41.2 Å². The predicted molar refractivity (Wildman–Crippen MR) is 75.2 cm³/mol. The maximum atomic E-state index is 5.71. The Morgan fingerprint density at radius 1 is 1.47 bits per heavy atom. The highest BCUT2D eigenvalue weighted by Gasteiger charge is 2.26. The van der Waals surface area contributed by atoms with Gasteiger partial charge in [-0.3, -0.25) is 4.90 Å². The maximum absolute atomic E-state index is 5.71. The number of piperidine rings is 1. The summed E-state index contributed by atoms with van der Waals surface area (Å²) in [6.07, 6.45) is 2.69. The molecule has 2 N–H and O–H groups in total. The van der Waals surface area contributed by atoms with Crippen LogP contribution in [0.2, 0.25) is 0 Å². The van der Waals surface area contributed by atoms with E-state index in [9.17, 15) is 0 Å². The van der Waals surface area contributed by atoms with Crippen LogP contribution in [0.25, 0.3) is 0 Å². The molecule has 1 aliphatic rings. The Hall–Kier alpha value is -0.380. The van der Waals surface area contributed by atoms with Crippen molar-refractivity contribution in [2.45, 2.75) is 46.7 Å². The molecular formula is C14H24N2S. The fourth-order valence-electron chi connectivity index (χ4n) is 2.77. The summed E-state index contributed by atoms with van der Waals surface area (Å²) in [5, 5.41) is 0. The molecule has 17 heavy (non-hydrogen) atoms. The van der Waals surface area contributed by atoms with E-state index in [4.69, 9.17) is 5.73 Å². The SMILES string of the molecule is Cc1sc(CN)cc1CN1CCCC(C)(C)C1. The molecule has 0 amide bonds. The molecule has 1 aromatic heterocycles. The van der Waals surface area contributed by atoms with Crippen molar-refractivity contribution < 1.29 is 0 Å². The van der Waals surface area contributed by atoms with E-state index in [-0.39, 0.29) is 0 Å². The van der Waals surface area contributed by atoms with Gasteiger partial charge >= 0.3 is 0 Å². The molecule has 96 valence electrons. The zero-order chi connectivity index (χ0) is 12.5. The topological polar surface area (TPSA) is 29.3 Å². The largest absolute Gasteiger partial charge is 0.326 e. The van der Waals surface area contributed by atoms with E-state index in [2.05, 4.69) is 31.7 Å². The molecule has 3 heteroatoms. The zero-order valence-electron chi connectivity index (χ0n) is 11.3. The molecule has 0 unspecified atom stereocenters. The Labute approximate surface area is 109 Å². The van der Waals surface area contributed by atoms with Crippen molar-refractivity contribution in [2.24, 2.45) is 11.1 Å². The summed E-state index contributed by atoms with van der Waals surface area (Å²) >= 11 is 1.85. The Kier molecular flexibility index (Phi) is 3.91. The lowest BCUT2D eigenvalue weighted by Gasteiger charge is -2.38. The summed E-state index contributed by atoms with van der Waals surface area (Å²) in [6, 6.07) is 2.29.